The number of benzene rings is 3. The standard InChI is InChI=1S/C33H36N2O6.Mg/c36-29(37)21-35-28-13-4-2-9-24(28)16-17-27(30(35)38)34-32(41)33(18-5-6-19-33)20-25(31(39)40)15-14-23-11-7-10-22-8-1-3-12-26(22)23;/h1-4,7-13,25,27H,5-6,14-21H2,(H,34,41)(H,36,37)(H,39,40);/q;+2/p-2/t25-,27+;/m1./s1. The van der Waals surface area contributed by atoms with Crippen molar-refractivity contribution in [2.24, 2.45) is 11.3 Å². The van der Waals surface area contributed by atoms with Crippen LogP contribution in [0.3, 0.4) is 0 Å². The Morgan fingerprint density at radius 3 is 2.38 bits per heavy atom. The zero-order chi connectivity index (χ0) is 29.0. The van der Waals surface area contributed by atoms with E-state index >= 15 is 0 Å². The van der Waals surface area contributed by atoms with Crippen LogP contribution in [0.25, 0.3) is 10.8 Å². The van der Waals surface area contributed by atoms with Gasteiger partial charge in [-0.2, -0.15) is 0 Å². The van der Waals surface area contributed by atoms with E-state index in [0.29, 0.717) is 44.2 Å². The van der Waals surface area contributed by atoms with E-state index in [1.165, 1.54) is 0 Å². The van der Waals surface area contributed by atoms with Crippen molar-refractivity contribution in [2.75, 3.05) is 11.4 Å². The van der Waals surface area contributed by atoms with E-state index in [1.807, 2.05) is 54.6 Å². The predicted molar refractivity (Wildman–Crippen MR) is 156 cm³/mol. The van der Waals surface area contributed by atoms with Crippen LogP contribution in [-0.4, -0.2) is 59.4 Å². The Bertz CT molecular complexity index is 1460. The van der Waals surface area contributed by atoms with Crippen LogP contribution in [0, 0.1) is 11.3 Å². The zero-order valence-electron chi connectivity index (χ0n) is 23.7. The predicted octanol–water partition coefficient (Wildman–Crippen LogP) is 1.92. The van der Waals surface area contributed by atoms with Crippen molar-refractivity contribution < 1.29 is 29.4 Å². The molecule has 3 aromatic rings. The van der Waals surface area contributed by atoms with E-state index < -0.39 is 41.8 Å². The van der Waals surface area contributed by atoms with Crippen LogP contribution in [0.4, 0.5) is 5.69 Å². The van der Waals surface area contributed by atoms with E-state index in [4.69, 9.17) is 0 Å². The van der Waals surface area contributed by atoms with Crippen molar-refractivity contribution in [2.45, 2.75) is 63.8 Å². The molecule has 8 nitrogen and oxygen atoms in total. The molecule has 1 aliphatic heterocycles. The van der Waals surface area contributed by atoms with E-state index in [9.17, 15) is 29.4 Å². The summed E-state index contributed by atoms with van der Waals surface area (Å²) in [6, 6.07) is 20.1. The van der Waals surface area contributed by atoms with Crippen LogP contribution in [0.2, 0.25) is 0 Å². The van der Waals surface area contributed by atoms with Gasteiger partial charge in [0.25, 0.3) is 0 Å². The maximum atomic E-state index is 13.9. The number of hydrogen-bond acceptors (Lipinski definition) is 6. The molecule has 214 valence electrons. The number of aliphatic carboxylic acids is 2. The number of nitrogens with one attached hydrogen (secondary N) is 1. The normalized spacial score (nSPS) is 18.4. The van der Waals surface area contributed by atoms with E-state index in [0.717, 1.165) is 39.6 Å². The molecule has 0 aromatic heterocycles. The number of carboxylic acid groups (broad SMARTS) is 2. The number of fused-ring (bicyclic) bond motifs is 2. The summed E-state index contributed by atoms with van der Waals surface area (Å²) in [5, 5.41) is 28.9. The Morgan fingerprint density at radius 2 is 1.64 bits per heavy atom. The second-order valence-corrected chi connectivity index (χ2v) is 11.4. The number of carboxylic acids is 2. The van der Waals surface area contributed by atoms with E-state index in [-0.39, 0.29) is 35.4 Å². The Kier molecular flexibility index (Phi) is 10.3. The Hall–Kier alpha value is -3.43. The molecular formula is C33H34MgN2O6. The van der Waals surface area contributed by atoms with Gasteiger partial charge in [0.15, 0.2) is 0 Å². The molecule has 1 heterocycles. The number of rotatable bonds is 10. The summed E-state index contributed by atoms with van der Waals surface area (Å²) in [6.07, 6.45) is 4.44. The molecule has 3 aromatic carbocycles. The molecule has 5 rings (SSSR count). The quantitative estimate of drug-likeness (QED) is 0.366. The van der Waals surface area contributed by atoms with Crippen molar-refractivity contribution in [3.8, 4) is 0 Å². The first-order valence-electron chi connectivity index (χ1n) is 14.3. The number of nitrogens with zero attached hydrogens (tertiary/aromatic N) is 1. The maximum absolute atomic E-state index is 13.9. The molecule has 0 bridgehead atoms. The smallest absolute Gasteiger partial charge is 0.550 e. The first-order valence-corrected chi connectivity index (χ1v) is 14.3. The minimum atomic E-state index is -1.39. The monoisotopic (exact) mass is 578 g/mol. The fraction of sp³-hybridized carbons (Fsp3) is 0.394. The molecule has 1 aliphatic carbocycles. The summed E-state index contributed by atoms with van der Waals surface area (Å²) in [5.74, 6) is -4.25. The number of carbonyl (C=O) groups is 4. The third-order valence-electron chi connectivity index (χ3n) is 8.80. The van der Waals surface area contributed by atoms with Gasteiger partial charge in [-0.1, -0.05) is 73.5 Å². The molecule has 2 aliphatic rings. The Morgan fingerprint density at radius 1 is 0.952 bits per heavy atom. The molecule has 2 amide bonds. The van der Waals surface area contributed by atoms with Gasteiger partial charge >= 0.3 is 23.1 Å². The van der Waals surface area contributed by atoms with Crippen molar-refractivity contribution in [1.82, 2.24) is 5.32 Å². The zero-order valence-corrected chi connectivity index (χ0v) is 25.1. The summed E-state index contributed by atoms with van der Waals surface area (Å²) in [4.78, 5) is 52.4. The molecule has 42 heavy (non-hydrogen) atoms. The second kappa shape index (κ2) is 13.7. The molecule has 0 radical (unpaired) electrons. The third kappa shape index (κ3) is 6.79. The van der Waals surface area contributed by atoms with Crippen LogP contribution in [0.1, 0.15) is 56.1 Å². The van der Waals surface area contributed by atoms with Gasteiger partial charge in [-0.05, 0) is 78.8 Å². The van der Waals surface area contributed by atoms with E-state index in [2.05, 4.69) is 5.32 Å². The number of anilines is 1. The molecule has 1 N–H and O–H groups in total. The number of hydrogen-bond donors (Lipinski definition) is 1. The van der Waals surface area contributed by atoms with Crippen LogP contribution in [0.15, 0.2) is 66.7 Å². The van der Waals surface area contributed by atoms with Gasteiger partial charge in [-0.3, -0.25) is 9.59 Å². The first kappa shape index (κ1) is 31.5. The van der Waals surface area contributed by atoms with Crippen LogP contribution < -0.4 is 20.4 Å². The summed E-state index contributed by atoms with van der Waals surface area (Å²) in [7, 11) is 0. The van der Waals surface area contributed by atoms with Crippen LogP contribution >= 0.6 is 0 Å². The largest absolute Gasteiger partial charge is 2.00 e. The summed E-state index contributed by atoms with van der Waals surface area (Å²) in [6.45, 7) is -0.617. The summed E-state index contributed by atoms with van der Waals surface area (Å²) >= 11 is 0. The number of carbonyl (C=O) groups excluding carboxylic acids is 4. The minimum Gasteiger partial charge on any atom is -0.550 e. The molecule has 0 saturated heterocycles. The molecule has 9 heteroatoms. The van der Waals surface area contributed by atoms with Crippen molar-refractivity contribution in [1.29, 1.82) is 0 Å². The molecule has 1 fully saturated rings. The Labute approximate surface area is 261 Å². The van der Waals surface area contributed by atoms with Crippen molar-refractivity contribution in [3.63, 3.8) is 0 Å². The molecule has 0 unspecified atom stereocenters. The van der Waals surface area contributed by atoms with Crippen molar-refractivity contribution in [3.05, 3.63) is 77.9 Å². The third-order valence-corrected chi connectivity index (χ3v) is 8.80. The topological polar surface area (TPSA) is 130 Å². The maximum Gasteiger partial charge on any atom is 2.00 e. The van der Waals surface area contributed by atoms with Gasteiger partial charge in [0, 0.05) is 17.1 Å². The average Bonchev–Trinajstić information content (AvgIpc) is 3.41. The average molecular weight is 579 g/mol. The number of amides is 2. The first-order chi connectivity index (χ1) is 19.8. The van der Waals surface area contributed by atoms with Gasteiger partial charge in [0.1, 0.15) is 6.04 Å². The SMILES string of the molecule is O=C([O-])CN1C(=O)[C@@H](NC(=O)C2(C[C@@H](CCc3cccc4ccccc34)C(=O)[O-])CCCC2)CCc2ccccc21.[Mg+2]. The fourth-order valence-corrected chi connectivity index (χ4v) is 6.64. The van der Waals surface area contributed by atoms with Gasteiger partial charge in [-0.15, -0.1) is 0 Å². The summed E-state index contributed by atoms with van der Waals surface area (Å²) < 4.78 is 0. The second-order valence-electron chi connectivity index (χ2n) is 11.4. The fourth-order valence-electron chi connectivity index (χ4n) is 6.64. The van der Waals surface area contributed by atoms with E-state index in [1.54, 1.807) is 12.1 Å². The number of para-hydroxylation sites is 1. The van der Waals surface area contributed by atoms with Gasteiger partial charge in [0.05, 0.1) is 12.5 Å². The van der Waals surface area contributed by atoms with Gasteiger partial charge < -0.3 is 30.0 Å². The van der Waals surface area contributed by atoms with Crippen LogP contribution in [0.5, 0.6) is 0 Å². The molecule has 2 atom stereocenters. The minimum absolute atomic E-state index is 0. The van der Waals surface area contributed by atoms with Gasteiger partial charge in [0.2, 0.25) is 11.8 Å². The van der Waals surface area contributed by atoms with Crippen LogP contribution in [-0.2, 0) is 32.0 Å². The molecule has 0 spiro atoms. The Balaban J connectivity index is 0.00000405. The number of aryl methyl sites for hydroxylation is 2. The van der Waals surface area contributed by atoms with Gasteiger partial charge in [-0.25, -0.2) is 0 Å². The molecule has 1 saturated carbocycles. The summed E-state index contributed by atoms with van der Waals surface area (Å²) in [5.41, 5.74) is 1.44. The molecular weight excluding hydrogens is 545 g/mol. The van der Waals surface area contributed by atoms with Crippen molar-refractivity contribution >= 4 is 63.3 Å².